The number of guanidine groups is 1. The zero-order chi connectivity index (χ0) is 17.7. The topological polar surface area (TPSA) is 81.4 Å². The van der Waals surface area contributed by atoms with Crippen molar-refractivity contribution >= 4 is 22.9 Å². The number of nitrogens with zero attached hydrogens (tertiary/aromatic N) is 3. The lowest BCUT2D eigenvalue weighted by atomic mass is 10.1. The number of aromatic nitrogens is 2. The van der Waals surface area contributed by atoms with Crippen LogP contribution in [0.4, 0.5) is 10.3 Å². The second-order valence-corrected chi connectivity index (χ2v) is 5.99. The van der Waals surface area contributed by atoms with Crippen LogP contribution < -0.4 is 11.1 Å². The van der Waals surface area contributed by atoms with E-state index in [0.29, 0.717) is 23.0 Å². The summed E-state index contributed by atoms with van der Waals surface area (Å²) in [7, 11) is 0. The minimum Gasteiger partial charge on any atom is -0.457 e. The first-order valence-corrected chi connectivity index (χ1v) is 8.12. The van der Waals surface area contributed by atoms with E-state index in [0.717, 1.165) is 11.0 Å². The van der Waals surface area contributed by atoms with Gasteiger partial charge in [-0.3, -0.25) is 9.88 Å². The molecule has 6 nitrogen and oxygen atoms in total. The number of halogens is 1. The van der Waals surface area contributed by atoms with Crippen molar-refractivity contribution in [3.63, 3.8) is 0 Å². The summed E-state index contributed by atoms with van der Waals surface area (Å²) in [6.45, 7) is 0. The minimum atomic E-state index is -0.515. The summed E-state index contributed by atoms with van der Waals surface area (Å²) in [5.41, 5.74) is 8.06. The first-order chi connectivity index (χ1) is 12.7. The van der Waals surface area contributed by atoms with Crippen LogP contribution in [0.15, 0.2) is 70.1 Å². The molecule has 0 saturated carbocycles. The number of aliphatic imine (C=N–C) groups is 1. The van der Waals surface area contributed by atoms with Crippen molar-refractivity contribution in [2.45, 2.75) is 6.17 Å². The highest BCUT2D eigenvalue weighted by Crippen LogP contribution is 2.35. The Hall–Kier alpha value is -3.61. The third-order valence-electron chi connectivity index (χ3n) is 4.36. The van der Waals surface area contributed by atoms with Crippen LogP contribution in [-0.2, 0) is 0 Å². The Morgan fingerprint density at radius 2 is 1.85 bits per heavy atom. The van der Waals surface area contributed by atoms with Gasteiger partial charge in [-0.2, -0.15) is 0 Å². The van der Waals surface area contributed by atoms with Crippen LogP contribution in [0.5, 0.6) is 0 Å². The number of anilines is 1. The molecule has 2 aromatic heterocycles. The molecular weight excluding hydrogens is 333 g/mol. The van der Waals surface area contributed by atoms with E-state index in [1.807, 2.05) is 28.8 Å². The first-order valence-electron chi connectivity index (χ1n) is 8.12. The average molecular weight is 347 g/mol. The number of imidazole rings is 1. The lowest BCUT2D eigenvalue weighted by Crippen LogP contribution is -2.31. The van der Waals surface area contributed by atoms with Crippen molar-refractivity contribution in [3.8, 4) is 11.3 Å². The van der Waals surface area contributed by atoms with Crippen molar-refractivity contribution < 1.29 is 8.81 Å². The summed E-state index contributed by atoms with van der Waals surface area (Å²) in [5, 5.41) is 2.97. The molecule has 2 aromatic carbocycles. The highest BCUT2D eigenvalue weighted by Gasteiger charge is 2.27. The lowest BCUT2D eigenvalue weighted by molar-refractivity contribution is 0.447. The number of fused-ring (bicyclic) bond motifs is 3. The van der Waals surface area contributed by atoms with Crippen LogP contribution in [-0.4, -0.2) is 15.5 Å². The molecule has 26 heavy (non-hydrogen) atoms. The SMILES string of the molecule is NC1=N[C@@H](c2ccc(-c3ccccc3F)o2)n2c(nc3ccccc32)N1. The zero-order valence-corrected chi connectivity index (χ0v) is 13.6. The molecular formula is C19H14FN5O. The maximum atomic E-state index is 14.1. The van der Waals surface area contributed by atoms with Gasteiger partial charge >= 0.3 is 0 Å². The Morgan fingerprint density at radius 3 is 2.73 bits per heavy atom. The molecule has 1 aliphatic heterocycles. The average Bonchev–Trinajstić information content (AvgIpc) is 3.26. The molecule has 1 atom stereocenters. The van der Waals surface area contributed by atoms with Crippen LogP contribution in [0.3, 0.4) is 0 Å². The smallest absolute Gasteiger partial charge is 0.212 e. The van der Waals surface area contributed by atoms with Gasteiger partial charge in [0.05, 0.1) is 16.6 Å². The molecule has 3 N–H and O–H groups in total. The van der Waals surface area contributed by atoms with Crippen molar-refractivity contribution in [2.24, 2.45) is 10.7 Å². The van der Waals surface area contributed by atoms with Gasteiger partial charge in [0.1, 0.15) is 17.3 Å². The molecule has 0 saturated heterocycles. The Labute approximate surface area is 147 Å². The van der Waals surface area contributed by atoms with E-state index in [1.54, 1.807) is 30.3 Å². The van der Waals surface area contributed by atoms with Crippen LogP contribution >= 0.6 is 0 Å². The molecule has 0 fully saturated rings. The normalized spacial score (nSPS) is 16.2. The summed E-state index contributed by atoms with van der Waals surface area (Å²) in [4.78, 5) is 9.01. The van der Waals surface area contributed by atoms with Gasteiger partial charge in [-0.25, -0.2) is 14.4 Å². The second-order valence-electron chi connectivity index (χ2n) is 5.99. The van der Waals surface area contributed by atoms with Crippen LogP contribution in [0.2, 0.25) is 0 Å². The van der Waals surface area contributed by atoms with E-state index >= 15 is 0 Å². The van der Waals surface area contributed by atoms with E-state index in [1.165, 1.54) is 6.07 Å². The van der Waals surface area contributed by atoms with Gasteiger partial charge in [0.15, 0.2) is 12.1 Å². The molecule has 0 radical (unpaired) electrons. The Balaban J connectivity index is 1.65. The molecule has 0 unspecified atom stereocenters. The number of benzene rings is 2. The molecule has 0 aliphatic carbocycles. The quantitative estimate of drug-likeness (QED) is 0.579. The van der Waals surface area contributed by atoms with Gasteiger partial charge in [-0.1, -0.05) is 24.3 Å². The molecule has 3 heterocycles. The molecule has 4 aromatic rings. The minimum absolute atomic E-state index is 0.252. The monoisotopic (exact) mass is 347 g/mol. The van der Waals surface area contributed by atoms with Gasteiger partial charge in [0, 0.05) is 0 Å². The number of furan rings is 1. The number of hydrogen-bond acceptors (Lipinski definition) is 5. The van der Waals surface area contributed by atoms with E-state index in [2.05, 4.69) is 15.3 Å². The molecule has 1 aliphatic rings. The first kappa shape index (κ1) is 14.7. The molecule has 0 amide bonds. The van der Waals surface area contributed by atoms with Crippen molar-refractivity contribution in [3.05, 3.63) is 72.2 Å². The van der Waals surface area contributed by atoms with E-state index in [9.17, 15) is 4.39 Å². The Bertz CT molecular complexity index is 1160. The van der Waals surface area contributed by atoms with Gasteiger partial charge in [-0.15, -0.1) is 0 Å². The van der Waals surface area contributed by atoms with Crippen molar-refractivity contribution in [2.75, 3.05) is 5.32 Å². The number of nitrogens with two attached hydrogens (primary N) is 1. The molecule has 0 spiro atoms. The predicted octanol–water partition coefficient (Wildman–Crippen LogP) is 3.72. The Morgan fingerprint density at radius 1 is 1.04 bits per heavy atom. The van der Waals surface area contributed by atoms with Crippen molar-refractivity contribution in [1.29, 1.82) is 0 Å². The molecule has 7 heteroatoms. The standard InChI is InChI=1S/C19H14FN5O/c20-12-6-2-1-5-11(12)15-9-10-16(26-15)17-23-18(21)24-19-22-13-7-3-4-8-14(13)25(17)19/h1-10,17H,(H3,21,22,23,24)/t17-/m1/s1. The maximum Gasteiger partial charge on any atom is 0.212 e. The van der Waals surface area contributed by atoms with E-state index < -0.39 is 6.17 Å². The maximum absolute atomic E-state index is 14.1. The predicted molar refractivity (Wildman–Crippen MR) is 97.2 cm³/mol. The number of hydrogen-bond donors (Lipinski definition) is 2. The number of para-hydroxylation sites is 2. The molecule has 128 valence electrons. The summed E-state index contributed by atoms with van der Waals surface area (Å²) in [6, 6.07) is 17.7. The fourth-order valence-corrected chi connectivity index (χ4v) is 3.20. The van der Waals surface area contributed by atoms with Crippen LogP contribution in [0.25, 0.3) is 22.4 Å². The lowest BCUT2D eigenvalue weighted by Gasteiger charge is -2.21. The van der Waals surface area contributed by atoms with Crippen LogP contribution in [0, 0.1) is 5.82 Å². The summed E-state index contributed by atoms with van der Waals surface area (Å²) in [5.74, 6) is 1.50. The Kier molecular flexibility index (Phi) is 3.08. The zero-order valence-electron chi connectivity index (χ0n) is 13.6. The fraction of sp³-hybridized carbons (Fsp3) is 0.0526. The van der Waals surface area contributed by atoms with E-state index in [4.69, 9.17) is 10.2 Å². The van der Waals surface area contributed by atoms with Gasteiger partial charge in [0.25, 0.3) is 0 Å². The number of nitrogens with one attached hydrogen (secondary N) is 1. The summed E-state index contributed by atoms with van der Waals surface area (Å²) >= 11 is 0. The molecule has 5 rings (SSSR count). The highest BCUT2D eigenvalue weighted by atomic mass is 19.1. The van der Waals surface area contributed by atoms with E-state index in [-0.39, 0.29) is 11.8 Å². The fourth-order valence-electron chi connectivity index (χ4n) is 3.20. The number of rotatable bonds is 2. The van der Waals surface area contributed by atoms with Gasteiger partial charge < -0.3 is 10.2 Å². The highest BCUT2D eigenvalue weighted by molar-refractivity contribution is 5.94. The third kappa shape index (κ3) is 2.17. The molecule has 0 bridgehead atoms. The van der Waals surface area contributed by atoms with Crippen molar-refractivity contribution in [1.82, 2.24) is 9.55 Å². The van der Waals surface area contributed by atoms with Gasteiger partial charge in [-0.05, 0) is 36.4 Å². The summed E-state index contributed by atoms with van der Waals surface area (Å²) < 4.78 is 21.9. The largest absolute Gasteiger partial charge is 0.457 e. The van der Waals surface area contributed by atoms with Gasteiger partial charge in [0.2, 0.25) is 5.95 Å². The van der Waals surface area contributed by atoms with Crippen LogP contribution in [0.1, 0.15) is 11.9 Å². The third-order valence-corrected chi connectivity index (χ3v) is 4.36. The summed E-state index contributed by atoms with van der Waals surface area (Å²) in [6.07, 6.45) is -0.515. The second kappa shape index (κ2) is 5.45.